The Morgan fingerprint density at radius 2 is 1.43 bits per heavy atom. The molecule has 0 aliphatic rings. The number of anilines is 1. The molecule has 1 heterocycles. The highest BCUT2D eigenvalue weighted by atomic mass is 16.4. The van der Waals surface area contributed by atoms with E-state index in [1.54, 1.807) is 54.6 Å². The van der Waals surface area contributed by atoms with Gasteiger partial charge < -0.3 is 14.8 Å². The van der Waals surface area contributed by atoms with Gasteiger partial charge in [-0.25, -0.2) is 4.79 Å². The Morgan fingerprint density at radius 1 is 0.825 bits per heavy atom. The van der Waals surface area contributed by atoms with E-state index in [2.05, 4.69) is 5.32 Å². The third kappa shape index (κ3) is 6.04. The maximum absolute atomic E-state index is 13.2. The highest BCUT2D eigenvalue weighted by Crippen LogP contribution is 2.36. The van der Waals surface area contributed by atoms with E-state index >= 15 is 0 Å². The Bertz CT molecular complexity index is 1590. The number of hydrogen-bond acceptors (Lipinski definition) is 6. The summed E-state index contributed by atoms with van der Waals surface area (Å²) in [6, 6.07) is 21.1. The fourth-order valence-corrected chi connectivity index (χ4v) is 4.96. The molecule has 0 unspecified atom stereocenters. The van der Waals surface area contributed by atoms with Gasteiger partial charge in [-0.1, -0.05) is 88.4 Å². The van der Waals surface area contributed by atoms with Gasteiger partial charge in [-0.2, -0.15) is 0 Å². The number of ketones is 2. The summed E-state index contributed by atoms with van der Waals surface area (Å²) in [5, 5.41) is 14.1. The predicted octanol–water partition coefficient (Wildman–Crippen LogP) is 6.43. The summed E-state index contributed by atoms with van der Waals surface area (Å²) in [5.74, 6) is -3.21. The first-order valence-corrected chi connectivity index (χ1v) is 13.4. The van der Waals surface area contributed by atoms with Crippen LogP contribution in [-0.2, 0) is 14.4 Å². The zero-order valence-electron chi connectivity index (χ0n) is 23.1. The average Bonchev–Trinajstić information content (AvgIpc) is 2.92. The Kier molecular flexibility index (Phi) is 8.63. The standard InChI is InChI=1S/C33H33NO6/c1-19(2)23-14-10-15-24(20(3)4)30(23)34-32(38)27(36)18-22(35)17-26(21-11-6-5-7-12-21)29-31(37)25-13-8-9-16-28(25)40-33(29)39/h5-16,19-20,26,37H,17-18H2,1-4H3,(H,34,38)/t26-/m1/s1. The molecule has 7 heteroatoms. The number of fused-ring (bicyclic) bond motifs is 1. The summed E-state index contributed by atoms with van der Waals surface area (Å²) in [7, 11) is 0. The van der Waals surface area contributed by atoms with Crippen molar-refractivity contribution in [3.8, 4) is 5.75 Å². The Balaban J connectivity index is 1.60. The fourth-order valence-electron chi connectivity index (χ4n) is 4.96. The molecular weight excluding hydrogens is 506 g/mol. The highest BCUT2D eigenvalue weighted by Gasteiger charge is 2.29. The molecule has 0 spiro atoms. The van der Waals surface area contributed by atoms with Crippen molar-refractivity contribution in [3.05, 3.63) is 105 Å². The van der Waals surface area contributed by atoms with Gasteiger partial charge in [0, 0.05) is 18.0 Å². The van der Waals surface area contributed by atoms with Gasteiger partial charge in [0.2, 0.25) is 5.78 Å². The van der Waals surface area contributed by atoms with Crippen LogP contribution >= 0.6 is 0 Å². The lowest BCUT2D eigenvalue weighted by atomic mass is 9.86. The van der Waals surface area contributed by atoms with Crippen molar-refractivity contribution in [1.29, 1.82) is 0 Å². The van der Waals surface area contributed by atoms with Gasteiger partial charge in [-0.05, 0) is 40.7 Å². The van der Waals surface area contributed by atoms with Crippen molar-refractivity contribution < 1.29 is 23.9 Å². The summed E-state index contributed by atoms with van der Waals surface area (Å²) in [6.45, 7) is 8.01. The van der Waals surface area contributed by atoms with Gasteiger partial charge >= 0.3 is 5.63 Å². The van der Waals surface area contributed by atoms with Gasteiger partial charge in [0.1, 0.15) is 17.1 Å². The maximum atomic E-state index is 13.2. The second-order valence-electron chi connectivity index (χ2n) is 10.5. The molecule has 0 saturated heterocycles. The third-order valence-corrected chi connectivity index (χ3v) is 7.02. The number of nitrogens with one attached hydrogen (secondary N) is 1. The van der Waals surface area contributed by atoms with Crippen LogP contribution in [0.4, 0.5) is 5.69 Å². The predicted molar refractivity (Wildman–Crippen MR) is 155 cm³/mol. The average molecular weight is 540 g/mol. The van der Waals surface area contributed by atoms with Crippen LogP contribution in [0.2, 0.25) is 0 Å². The first kappa shape index (κ1) is 28.5. The van der Waals surface area contributed by atoms with E-state index in [1.807, 2.05) is 45.9 Å². The SMILES string of the molecule is CC(C)c1cccc(C(C)C)c1NC(=O)C(=O)CC(=O)C[C@H](c1ccccc1)c1c(O)c2ccccc2oc1=O. The summed E-state index contributed by atoms with van der Waals surface area (Å²) < 4.78 is 5.45. The Hall–Kier alpha value is -4.52. The molecule has 4 aromatic rings. The molecule has 2 N–H and O–H groups in total. The van der Waals surface area contributed by atoms with Crippen LogP contribution < -0.4 is 10.9 Å². The monoisotopic (exact) mass is 539 g/mol. The number of hydrogen-bond donors (Lipinski definition) is 2. The second-order valence-corrected chi connectivity index (χ2v) is 10.5. The zero-order valence-corrected chi connectivity index (χ0v) is 23.1. The second kappa shape index (κ2) is 12.1. The quantitative estimate of drug-likeness (QED) is 0.136. The van der Waals surface area contributed by atoms with E-state index < -0.39 is 35.4 Å². The van der Waals surface area contributed by atoms with Crippen molar-refractivity contribution in [2.45, 2.75) is 58.3 Å². The normalized spacial score (nSPS) is 12.1. The summed E-state index contributed by atoms with van der Waals surface area (Å²) in [6.07, 6.45) is -0.921. The van der Waals surface area contributed by atoms with Crippen LogP contribution in [-0.4, -0.2) is 22.6 Å². The smallest absolute Gasteiger partial charge is 0.343 e. The third-order valence-electron chi connectivity index (χ3n) is 7.02. The summed E-state index contributed by atoms with van der Waals surface area (Å²) >= 11 is 0. The van der Waals surface area contributed by atoms with Crippen molar-refractivity contribution in [1.82, 2.24) is 0 Å². The van der Waals surface area contributed by atoms with Crippen LogP contribution in [0.15, 0.2) is 82.0 Å². The molecule has 0 aliphatic heterocycles. The zero-order chi connectivity index (χ0) is 29.0. The van der Waals surface area contributed by atoms with E-state index in [1.165, 1.54) is 0 Å². The van der Waals surface area contributed by atoms with E-state index in [-0.39, 0.29) is 35.2 Å². The van der Waals surface area contributed by atoms with Crippen molar-refractivity contribution in [2.24, 2.45) is 0 Å². The summed E-state index contributed by atoms with van der Waals surface area (Å²) in [4.78, 5) is 52.1. The number of aromatic hydroxyl groups is 1. The first-order chi connectivity index (χ1) is 19.1. The van der Waals surface area contributed by atoms with Crippen LogP contribution in [0.25, 0.3) is 11.0 Å². The summed E-state index contributed by atoms with van der Waals surface area (Å²) in [5.41, 5.74) is 2.39. The molecule has 0 bridgehead atoms. The molecule has 1 amide bonds. The van der Waals surface area contributed by atoms with Gasteiger partial charge in [0.25, 0.3) is 5.91 Å². The van der Waals surface area contributed by atoms with Gasteiger partial charge in [-0.3, -0.25) is 14.4 Å². The number of benzene rings is 3. The van der Waals surface area contributed by atoms with Gasteiger partial charge in [0.15, 0.2) is 0 Å². The molecule has 40 heavy (non-hydrogen) atoms. The molecule has 206 valence electrons. The lowest BCUT2D eigenvalue weighted by Gasteiger charge is -2.20. The van der Waals surface area contributed by atoms with Crippen LogP contribution in [0.1, 0.15) is 80.5 Å². The Morgan fingerprint density at radius 3 is 2.05 bits per heavy atom. The minimum Gasteiger partial charge on any atom is -0.507 e. The molecule has 1 aromatic heterocycles. The molecule has 0 aliphatic carbocycles. The van der Waals surface area contributed by atoms with E-state index in [9.17, 15) is 24.3 Å². The van der Waals surface area contributed by atoms with Gasteiger partial charge in [0.05, 0.1) is 17.4 Å². The largest absolute Gasteiger partial charge is 0.507 e. The number of rotatable bonds is 10. The number of Topliss-reactive ketones (excluding diaryl/α,β-unsaturated/α-hetero) is 2. The number of amides is 1. The minimum absolute atomic E-state index is 0.0670. The number of para-hydroxylation sites is 2. The minimum atomic E-state index is -0.875. The van der Waals surface area contributed by atoms with Crippen LogP contribution in [0, 0.1) is 0 Å². The molecule has 0 saturated carbocycles. The maximum Gasteiger partial charge on any atom is 0.343 e. The number of carbonyl (C=O) groups excluding carboxylic acids is 3. The van der Waals surface area contributed by atoms with E-state index in [4.69, 9.17) is 4.42 Å². The number of carbonyl (C=O) groups is 3. The molecule has 4 rings (SSSR count). The van der Waals surface area contributed by atoms with Gasteiger partial charge in [-0.15, -0.1) is 0 Å². The Labute approximate surface area is 232 Å². The first-order valence-electron chi connectivity index (χ1n) is 13.4. The van der Waals surface area contributed by atoms with Crippen molar-refractivity contribution in [2.75, 3.05) is 5.32 Å². The van der Waals surface area contributed by atoms with E-state index in [0.717, 1.165) is 11.1 Å². The van der Waals surface area contributed by atoms with Crippen LogP contribution in [0.3, 0.4) is 0 Å². The van der Waals surface area contributed by atoms with Crippen molar-refractivity contribution >= 4 is 34.1 Å². The molecule has 1 atom stereocenters. The molecule has 7 nitrogen and oxygen atoms in total. The lowest BCUT2D eigenvalue weighted by molar-refractivity contribution is -0.137. The van der Waals surface area contributed by atoms with Crippen LogP contribution in [0.5, 0.6) is 5.75 Å². The van der Waals surface area contributed by atoms with E-state index in [0.29, 0.717) is 16.6 Å². The molecule has 0 radical (unpaired) electrons. The molecular formula is C33H33NO6. The fraction of sp³-hybridized carbons (Fsp3) is 0.273. The molecule has 3 aromatic carbocycles. The highest BCUT2D eigenvalue weighted by molar-refractivity contribution is 6.43. The van der Waals surface area contributed by atoms with Crippen molar-refractivity contribution in [3.63, 3.8) is 0 Å². The molecule has 0 fully saturated rings. The topological polar surface area (TPSA) is 114 Å². The lowest BCUT2D eigenvalue weighted by Crippen LogP contribution is -2.27.